The lowest BCUT2D eigenvalue weighted by Gasteiger charge is -2.18. The highest BCUT2D eigenvalue weighted by molar-refractivity contribution is 6.31. The minimum absolute atomic E-state index is 0.0891. The topological polar surface area (TPSA) is 87.0 Å². The van der Waals surface area contributed by atoms with Gasteiger partial charge in [0.2, 0.25) is 0 Å². The number of aliphatic hydroxyl groups is 2. The number of methoxy groups -OCH3 is 1. The van der Waals surface area contributed by atoms with Crippen molar-refractivity contribution in [1.82, 2.24) is 0 Å². The van der Waals surface area contributed by atoms with E-state index in [0.29, 0.717) is 0 Å². The molecule has 6 heteroatoms. The summed E-state index contributed by atoms with van der Waals surface area (Å²) >= 11 is 5.81. The van der Waals surface area contributed by atoms with Crippen LogP contribution in [0.2, 0.25) is 5.02 Å². The summed E-state index contributed by atoms with van der Waals surface area (Å²) in [7, 11) is 1.18. The van der Waals surface area contributed by atoms with Crippen LogP contribution >= 0.6 is 11.6 Å². The summed E-state index contributed by atoms with van der Waals surface area (Å²) in [6.07, 6.45) is -3.07. The second kappa shape index (κ2) is 5.86. The minimum Gasteiger partial charge on any atom is -0.508 e. The molecule has 0 radical (unpaired) electrons. The standard InChI is InChI=1S/C11H13ClO5/c1-17-10(15)5-9(14)11(16)7-4-6(13)2-3-8(7)12/h2-4,9,11,13-14,16H,5H2,1H3. The largest absolute Gasteiger partial charge is 0.508 e. The lowest BCUT2D eigenvalue weighted by molar-refractivity contribution is -0.144. The lowest BCUT2D eigenvalue weighted by atomic mass is 10.0. The van der Waals surface area contributed by atoms with Gasteiger partial charge in [-0.15, -0.1) is 0 Å². The Morgan fingerprint density at radius 3 is 2.71 bits per heavy atom. The molecular weight excluding hydrogens is 248 g/mol. The highest BCUT2D eigenvalue weighted by Gasteiger charge is 2.24. The first kappa shape index (κ1) is 13.8. The van der Waals surface area contributed by atoms with Gasteiger partial charge in [-0.05, 0) is 18.2 Å². The summed E-state index contributed by atoms with van der Waals surface area (Å²) in [6, 6.07) is 3.97. The molecule has 0 bridgehead atoms. The molecule has 5 nitrogen and oxygen atoms in total. The van der Waals surface area contributed by atoms with Crippen molar-refractivity contribution < 1.29 is 24.9 Å². The van der Waals surface area contributed by atoms with Gasteiger partial charge in [0.25, 0.3) is 0 Å². The van der Waals surface area contributed by atoms with Crippen LogP contribution in [0.3, 0.4) is 0 Å². The molecule has 0 heterocycles. The molecular formula is C11H13ClO5. The number of phenols is 1. The number of hydrogen-bond acceptors (Lipinski definition) is 5. The molecule has 0 saturated carbocycles. The number of carbonyl (C=O) groups is 1. The van der Waals surface area contributed by atoms with E-state index in [1.165, 1.54) is 25.3 Å². The number of hydrogen-bond donors (Lipinski definition) is 3. The zero-order chi connectivity index (χ0) is 13.0. The van der Waals surface area contributed by atoms with E-state index < -0.39 is 18.2 Å². The number of rotatable bonds is 4. The van der Waals surface area contributed by atoms with E-state index in [-0.39, 0.29) is 22.8 Å². The van der Waals surface area contributed by atoms with Gasteiger partial charge in [-0.3, -0.25) is 4.79 Å². The van der Waals surface area contributed by atoms with E-state index in [2.05, 4.69) is 4.74 Å². The molecule has 0 saturated heterocycles. The van der Waals surface area contributed by atoms with Gasteiger partial charge in [0.15, 0.2) is 0 Å². The molecule has 2 atom stereocenters. The number of aromatic hydroxyl groups is 1. The number of carbonyl (C=O) groups excluding carboxylic acids is 1. The first-order valence-corrected chi connectivity index (χ1v) is 5.25. The normalized spacial score (nSPS) is 14.1. The van der Waals surface area contributed by atoms with Crippen LogP contribution in [0.4, 0.5) is 0 Å². The Kier molecular flexibility index (Phi) is 4.74. The molecule has 2 unspecified atom stereocenters. The Labute approximate surface area is 103 Å². The van der Waals surface area contributed by atoms with Crippen LogP contribution in [-0.4, -0.2) is 34.5 Å². The summed E-state index contributed by atoms with van der Waals surface area (Å²) in [5.41, 5.74) is 0.156. The van der Waals surface area contributed by atoms with E-state index in [4.69, 9.17) is 11.6 Å². The summed E-state index contributed by atoms with van der Waals surface area (Å²) in [4.78, 5) is 10.9. The monoisotopic (exact) mass is 260 g/mol. The van der Waals surface area contributed by atoms with Crippen molar-refractivity contribution >= 4 is 17.6 Å². The van der Waals surface area contributed by atoms with Gasteiger partial charge in [0.1, 0.15) is 11.9 Å². The average molecular weight is 261 g/mol. The SMILES string of the molecule is COC(=O)CC(O)C(O)c1cc(O)ccc1Cl. The highest BCUT2D eigenvalue weighted by atomic mass is 35.5. The predicted molar refractivity (Wildman–Crippen MR) is 60.7 cm³/mol. The van der Waals surface area contributed by atoms with Gasteiger partial charge in [-0.2, -0.15) is 0 Å². The maximum absolute atomic E-state index is 10.9. The van der Waals surface area contributed by atoms with Gasteiger partial charge in [0.05, 0.1) is 19.6 Å². The van der Waals surface area contributed by atoms with Crippen LogP contribution in [0.25, 0.3) is 0 Å². The molecule has 0 spiro atoms. The Morgan fingerprint density at radius 1 is 1.47 bits per heavy atom. The minimum atomic E-state index is -1.37. The fourth-order valence-corrected chi connectivity index (χ4v) is 1.56. The van der Waals surface area contributed by atoms with Crippen molar-refractivity contribution in [2.24, 2.45) is 0 Å². The summed E-state index contributed by atoms with van der Waals surface area (Å²) < 4.78 is 4.37. The summed E-state index contributed by atoms with van der Waals surface area (Å²) in [5.74, 6) is -0.735. The van der Waals surface area contributed by atoms with Gasteiger partial charge in [-0.1, -0.05) is 11.6 Å². The molecule has 0 amide bonds. The molecule has 0 aliphatic heterocycles. The van der Waals surface area contributed by atoms with Crippen molar-refractivity contribution in [3.8, 4) is 5.75 Å². The lowest BCUT2D eigenvalue weighted by Crippen LogP contribution is -2.22. The van der Waals surface area contributed by atoms with Crippen molar-refractivity contribution in [3.05, 3.63) is 28.8 Å². The molecule has 0 aliphatic carbocycles. The van der Waals surface area contributed by atoms with Crippen LogP contribution < -0.4 is 0 Å². The summed E-state index contributed by atoms with van der Waals surface area (Å²) in [6.45, 7) is 0. The van der Waals surface area contributed by atoms with Gasteiger partial charge in [-0.25, -0.2) is 0 Å². The fraction of sp³-hybridized carbons (Fsp3) is 0.364. The van der Waals surface area contributed by atoms with E-state index >= 15 is 0 Å². The first-order valence-electron chi connectivity index (χ1n) is 4.87. The molecule has 0 fully saturated rings. The third-order valence-electron chi connectivity index (χ3n) is 2.27. The third-order valence-corrected chi connectivity index (χ3v) is 2.61. The van der Waals surface area contributed by atoms with Gasteiger partial charge in [0, 0.05) is 10.6 Å². The number of benzene rings is 1. The third kappa shape index (κ3) is 3.59. The van der Waals surface area contributed by atoms with E-state index in [0.717, 1.165) is 0 Å². The molecule has 17 heavy (non-hydrogen) atoms. The maximum atomic E-state index is 10.9. The molecule has 1 aromatic carbocycles. The van der Waals surface area contributed by atoms with Gasteiger partial charge >= 0.3 is 5.97 Å². The number of esters is 1. The highest BCUT2D eigenvalue weighted by Crippen LogP contribution is 2.29. The second-order valence-corrected chi connectivity index (χ2v) is 3.91. The molecule has 1 rings (SSSR count). The molecule has 94 valence electrons. The molecule has 0 aromatic heterocycles. The van der Waals surface area contributed by atoms with Crippen LogP contribution in [0.5, 0.6) is 5.75 Å². The Morgan fingerprint density at radius 2 is 2.12 bits per heavy atom. The Bertz CT molecular complexity index is 407. The van der Waals surface area contributed by atoms with Crippen LogP contribution in [-0.2, 0) is 9.53 Å². The molecule has 1 aromatic rings. The van der Waals surface area contributed by atoms with Crippen LogP contribution in [0.15, 0.2) is 18.2 Å². The quantitative estimate of drug-likeness (QED) is 0.703. The zero-order valence-corrected chi connectivity index (χ0v) is 9.89. The van der Waals surface area contributed by atoms with Crippen LogP contribution in [0.1, 0.15) is 18.1 Å². The average Bonchev–Trinajstić information content (AvgIpc) is 2.31. The number of aliphatic hydroxyl groups excluding tert-OH is 2. The second-order valence-electron chi connectivity index (χ2n) is 3.50. The van der Waals surface area contributed by atoms with E-state index in [9.17, 15) is 20.1 Å². The maximum Gasteiger partial charge on any atom is 0.308 e. The molecule has 3 N–H and O–H groups in total. The van der Waals surface area contributed by atoms with E-state index in [1.807, 2.05) is 0 Å². The fourth-order valence-electron chi connectivity index (χ4n) is 1.33. The van der Waals surface area contributed by atoms with Crippen LogP contribution in [0, 0.1) is 0 Å². The summed E-state index contributed by atoms with van der Waals surface area (Å²) in [5, 5.41) is 28.8. The van der Waals surface area contributed by atoms with Gasteiger partial charge < -0.3 is 20.1 Å². The van der Waals surface area contributed by atoms with Crippen molar-refractivity contribution in [2.75, 3.05) is 7.11 Å². The number of halogens is 1. The van der Waals surface area contributed by atoms with E-state index in [1.54, 1.807) is 0 Å². The van der Waals surface area contributed by atoms with Crippen molar-refractivity contribution in [2.45, 2.75) is 18.6 Å². The zero-order valence-electron chi connectivity index (χ0n) is 9.13. The molecule has 0 aliphatic rings. The number of ether oxygens (including phenoxy) is 1. The Hall–Kier alpha value is -1.30. The predicted octanol–water partition coefficient (Wildman–Crippen LogP) is 1.00. The number of phenolic OH excluding ortho intramolecular Hbond substituents is 1. The smallest absolute Gasteiger partial charge is 0.308 e. The Balaban J connectivity index is 2.84. The van der Waals surface area contributed by atoms with Crippen molar-refractivity contribution in [1.29, 1.82) is 0 Å². The first-order chi connectivity index (χ1) is 7.95. The van der Waals surface area contributed by atoms with Crippen molar-refractivity contribution in [3.63, 3.8) is 0 Å².